The summed E-state index contributed by atoms with van der Waals surface area (Å²) in [6.07, 6.45) is -1.23. The monoisotopic (exact) mass is 378 g/mol. The molecule has 27 heavy (non-hydrogen) atoms. The Hall–Kier alpha value is -2.81. The van der Waals surface area contributed by atoms with Crippen LogP contribution in [0.3, 0.4) is 0 Å². The van der Waals surface area contributed by atoms with Gasteiger partial charge in [-0.05, 0) is 43.5 Å². The molecule has 1 fully saturated rings. The number of fused-ring (bicyclic) bond motifs is 1. The van der Waals surface area contributed by atoms with Crippen LogP contribution in [-0.2, 0) is 0 Å². The molecule has 2 unspecified atom stereocenters. The number of imidazole rings is 1. The molecule has 9 heteroatoms. The second-order valence-electron chi connectivity index (χ2n) is 6.52. The molecular weight excluding hydrogens is 361 g/mol. The first-order valence-corrected chi connectivity index (χ1v) is 8.53. The zero-order chi connectivity index (χ0) is 19.0. The second-order valence-corrected chi connectivity index (χ2v) is 6.52. The van der Waals surface area contributed by atoms with Gasteiger partial charge in [-0.15, -0.1) is 18.3 Å². The lowest BCUT2D eigenvalue weighted by Gasteiger charge is -2.13. The average molecular weight is 378 g/mol. The van der Waals surface area contributed by atoms with E-state index in [1.807, 2.05) is 0 Å². The third-order valence-corrected chi connectivity index (χ3v) is 4.48. The maximum absolute atomic E-state index is 12.5. The summed E-state index contributed by atoms with van der Waals surface area (Å²) in [4.78, 5) is 4.25. The Bertz CT molecular complexity index is 957. The molecule has 0 radical (unpaired) electrons. The van der Waals surface area contributed by atoms with E-state index in [9.17, 15) is 18.3 Å². The highest BCUT2D eigenvalue weighted by atomic mass is 19.4. The first-order chi connectivity index (χ1) is 12.9. The largest absolute Gasteiger partial charge is 0.573 e. The number of halogens is 3. The molecule has 142 valence electrons. The number of aliphatic hydroxyl groups excluding tert-OH is 1. The molecular formula is C18H17F3N4O2. The molecule has 0 spiro atoms. The molecule has 0 amide bonds. The van der Waals surface area contributed by atoms with Crippen LogP contribution in [0.2, 0.25) is 0 Å². The van der Waals surface area contributed by atoms with Crippen LogP contribution >= 0.6 is 0 Å². The van der Waals surface area contributed by atoms with Gasteiger partial charge in [0.15, 0.2) is 5.65 Å². The van der Waals surface area contributed by atoms with Gasteiger partial charge in [0.25, 0.3) is 0 Å². The van der Waals surface area contributed by atoms with Crippen molar-refractivity contribution in [2.45, 2.75) is 37.8 Å². The Kier molecular flexibility index (Phi) is 4.39. The molecule has 2 aromatic heterocycles. The number of aliphatic hydroxyl groups is 1. The zero-order valence-corrected chi connectivity index (χ0v) is 14.1. The van der Waals surface area contributed by atoms with Crippen LogP contribution in [-0.4, -0.2) is 38.2 Å². The summed E-state index contributed by atoms with van der Waals surface area (Å²) >= 11 is 0. The van der Waals surface area contributed by atoms with Crippen molar-refractivity contribution in [3.63, 3.8) is 0 Å². The highest BCUT2D eigenvalue weighted by Gasteiger charge is 2.31. The fourth-order valence-electron chi connectivity index (χ4n) is 3.30. The fraction of sp³-hybridized carbons (Fsp3) is 0.333. The third-order valence-electron chi connectivity index (χ3n) is 4.48. The van der Waals surface area contributed by atoms with Crippen LogP contribution in [0.1, 0.15) is 19.3 Å². The van der Waals surface area contributed by atoms with Crippen molar-refractivity contribution >= 4 is 11.5 Å². The highest BCUT2D eigenvalue weighted by molar-refractivity contribution is 5.65. The summed E-state index contributed by atoms with van der Waals surface area (Å²) in [6.45, 7) is 0. The van der Waals surface area contributed by atoms with Crippen LogP contribution in [0.15, 0.2) is 42.6 Å². The van der Waals surface area contributed by atoms with Gasteiger partial charge < -0.3 is 15.2 Å². The highest BCUT2D eigenvalue weighted by Crippen LogP contribution is 2.29. The Morgan fingerprint density at radius 2 is 2.04 bits per heavy atom. The maximum Gasteiger partial charge on any atom is 0.573 e. The number of hydrogen-bond acceptors (Lipinski definition) is 5. The smallest absolute Gasteiger partial charge is 0.406 e. The van der Waals surface area contributed by atoms with E-state index in [1.165, 1.54) is 18.2 Å². The first kappa shape index (κ1) is 17.6. The van der Waals surface area contributed by atoms with Crippen molar-refractivity contribution in [2.75, 3.05) is 5.32 Å². The number of rotatable bonds is 4. The van der Waals surface area contributed by atoms with Crippen LogP contribution in [0.4, 0.5) is 19.0 Å². The van der Waals surface area contributed by atoms with E-state index in [0.29, 0.717) is 29.1 Å². The van der Waals surface area contributed by atoms with Gasteiger partial charge >= 0.3 is 6.36 Å². The van der Waals surface area contributed by atoms with Crippen LogP contribution in [0.25, 0.3) is 16.9 Å². The van der Waals surface area contributed by atoms with Crippen molar-refractivity contribution in [2.24, 2.45) is 0 Å². The number of nitrogens with zero attached hydrogens (tertiary/aromatic N) is 3. The van der Waals surface area contributed by atoms with Crippen LogP contribution < -0.4 is 10.1 Å². The molecule has 1 saturated carbocycles. The molecule has 4 rings (SSSR count). The summed E-state index contributed by atoms with van der Waals surface area (Å²) < 4.78 is 43.0. The number of hydrogen-bond donors (Lipinski definition) is 2. The number of alkyl halides is 3. The molecule has 1 aromatic carbocycles. The van der Waals surface area contributed by atoms with Gasteiger partial charge in [0.2, 0.25) is 0 Å². The van der Waals surface area contributed by atoms with E-state index in [1.54, 1.807) is 28.9 Å². The minimum absolute atomic E-state index is 0.139. The lowest BCUT2D eigenvalue weighted by atomic mass is 10.1. The number of anilines is 1. The molecule has 2 N–H and O–H groups in total. The van der Waals surface area contributed by atoms with Crippen molar-refractivity contribution in [3.05, 3.63) is 42.6 Å². The summed E-state index contributed by atoms with van der Waals surface area (Å²) in [5.74, 6) is 0.313. The van der Waals surface area contributed by atoms with Gasteiger partial charge in [-0.2, -0.15) is 0 Å². The Balaban J connectivity index is 1.64. The molecule has 0 aliphatic heterocycles. The predicted octanol–water partition coefficient (Wildman–Crippen LogP) is 3.62. The van der Waals surface area contributed by atoms with Crippen LogP contribution in [0, 0.1) is 0 Å². The van der Waals surface area contributed by atoms with Gasteiger partial charge in [-0.1, -0.05) is 12.1 Å². The number of benzene rings is 1. The second kappa shape index (κ2) is 6.73. The van der Waals surface area contributed by atoms with E-state index >= 15 is 0 Å². The number of nitrogens with one attached hydrogen (secondary N) is 1. The minimum Gasteiger partial charge on any atom is -0.406 e. The number of aromatic nitrogens is 3. The number of ether oxygens (including phenoxy) is 1. The topological polar surface area (TPSA) is 71.7 Å². The van der Waals surface area contributed by atoms with Crippen molar-refractivity contribution in [1.29, 1.82) is 0 Å². The molecule has 1 aliphatic rings. The maximum atomic E-state index is 12.5. The van der Waals surface area contributed by atoms with Crippen molar-refractivity contribution < 1.29 is 23.0 Å². The van der Waals surface area contributed by atoms with E-state index < -0.39 is 6.36 Å². The van der Waals surface area contributed by atoms with E-state index in [-0.39, 0.29) is 17.9 Å². The van der Waals surface area contributed by atoms with Crippen molar-refractivity contribution in [3.8, 4) is 17.0 Å². The summed E-state index contributed by atoms with van der Waals surface area (Å²) in [6, 6.07) is 9.40. The third kappa shape index (κ3) is 3.97. The van der Waals surface area contributed by atoms with Gasteiger partial charge in [-0.3, -0.25) is 0 Å². The zero-order valence-electron chi connectivity index (χ0n) is 14.1. The molecule has 6 nitrogen and oxygen atoms in total. The lowest BCUT2D eigenvalue weighted by molar-refractivity contribution is -0.274. The van der Waals surface area contributed by atoms with E-state index in [4.69, 9.17) is 0 Å². The van der Waals surface area contributed by atoms with Gasteiger partial charge in [-0.25, -0.2) is 9.50 Å². The van der Waals surface area contributed by atoms with Gasteiger partial charge in [0.05, 0.1) is 18.0 Å². The average Bonchev–Trinajstić information content (AvgIpc) is 3.19. The summed E-state index contributed by atoms with van der Waals surface area (Å²) in [5.41, 5.74) is 1.63. The van der Waals surface area contributed by atoms with Gasteiger partial charge in [0, 0.05) is 11.6 Å². The van der Waals surface area contributed by atoms with Crippen molar-refractivity contribution in [1.82, 2.24) is 14.6 Å². The quantitative estimate of drug-likeness (QED) is 0.726. The summed E-state index contributed by atoms with van der Waals surface area (Å²) in [7, 11) is 0. The normalized spacial score (nSPS) is 20.1. The summed E-state index contributed by atoms with van der Waals surface area (Å²) in [5, 5.41) is 17.4. The molecule has 1 aliphatic carbocycles. The lowest BCUT2D eigenvalue weighted by Crippen LogP contribution is -2.18. The van der Waals surface area contributed by atoms with E-state index in [0.717, 1.165) is 12.8 Å². The minimum atomic E-state index is -4.75. The first-order valence-electron chi connectivity index (χ1n) is 8.53. The molecule has 3 aromatic rings. The molecule has 0 bridgehead atoms. The van der Waals surface area contributed by atoms with Crippen LogP contribution in [0.5, 0.6) is 5.75 Å². The molecule has 2 atom stereocenters. The molecule has 2 heterocycles. The Morgan fingerprint density at radius 1 is 1.19 bits per heavy atom. The predicted molar refractivity (Wildman–Crippen MR) is 92.4 cm³/mol. The van der Waals surface area contributed by atoms with E-state index in [2.05, 4.69) is 20.1 Å². The fourth-order valence-corrected chi connectivity index (χ4v) is 3.30. The SMILES string of the molecule is OC1CCC(Nc2ccc3ncc(-c4cccc(OC(F)(F)F)c4)n3n2)C1. The standard InChI is InChI=1S/C18H17F3N4O2/c19-18(20,21)27-14-3-1-2-11(8-14)15-10-22-17-7-6-16(24-25(15)17)23-12-4-5-13(26)9-12/h1-3,6-8,10,12-13,26H,4-5,9H2,(H,23,24). The Labute approximate surface area is 152 Å². The van der Waals surface area contributed by atoms with Gasteiger partial charge in [0.1, 0.15) is 11.6 Å². The molecule has 0 saturated heterocycles. The Morgan fingerprint density at radius 3 is 2.78 bits per heavy atom.